The summed E-state index contributed by atoms with van der Waals surface area (Å²) in [4.78, 5) is 0. The minimum Gasteiger partial charge on any atom is -0.151 e. The quantitative estimate of drug-likeness (QED) is 0.576. The Balaban J connectivity index is 1.67. The molecular weight excluding hydrogens is 256 g/mol. The molecule has 2 heteroatoms. The van der Waals surface area contributed by atoms with E-state index in [0.29, 0.717) is 0 Å². The van der Waals surface area contributed by atoms with Crippen molar-refractivity contribution in [3.63, 3.8) is 0 Å². The van der Waals surface area contributed by atoms with E-state index in [1.807, 2.05) is 12.1 Å². The van der Waals surface area contributed by atoms with E-state index in [1.54, 1.807) is 0 Å². The number of hydrogen-bond donors (Lipinski definition) is 0. The van der Waals surface area contributed by atoms with Crippen LogP contribution >= 0.6 is 0 Å². The highest BCUT2D eigenvalue weighted by molar-refractivity contribution is 5.42. The van der Waals surface area contributed by atoms with Gasteiger partial charge >= 0.3 is 0 Å². The highest BCUT2D eigenvalue weighted by Gasteiger charge is 2.14. The second kappa shape index (κ2) is 6.66. The zero-order chi connectivity index (χ0) is 14.5. The Morgan fingerprint density at radius 2 is 1.24 bits per heavy atom. The summed E-state index contributed by atoms with van der Waals surface area (Å²) in [6.45, 7) is 2.07. The molecule has 0 aliphatic heterocycles. The first-order valence-electron chi connectivity index (χ1n) is 7.90. The first-order chi connectivity index (χ1) is 10.3. The van der Waals surface area contributed by atoms with E-state index >= 15 is 0 Å². The summed E-state index contributed by atoms with van der Waals surface area (Å²) >= 11 is 0. The Morgan fingerprint density at radius 3 is 1.81 bits per heavy atom. The SMILES string of the molecule is Cc1ccc(N=Nc2ccc(C3CCCCC3)cc2)cc1. The molecule has 1 saturated carbocycles. The molecule has 2 aromatic rings. The van der Waals surface area contributed by atoms with Crippen molar-refractivity contribution in [2.24, 2.45) is 10.2 Å². The molecule has 1 fully saturated rings. The van der Waals surface area contributed by atoms with Gasteiger partial charge in [0, 0.05) is 0 Å². The van der Waals surface area contributed by atoms with Crippen LogP contribution in [0.3, 0.4) is 0 Å². The van der Waals surface area contributed by atoms with E-state index in [1.165, 1.54) is 43.2 Å². The minimum atomic E-state index is 0.752. The molecule has 0 spiro atoms. The second-order valence-electron chi connectivity index (χ2n) is 5.96. The number of benzene rings is 2. The van der Waals surface area contributed by atoms with Crippen LogP contribution in [0.25, 0.3) is 0 Å². The van der Waals surface area contributed by atoms with Gasteiger partial charge in [0.15, 0.2) is 0 Å². The van der Waals surface area contributed by atoms with Gasteiger partial charge in [-0.1, -0.05) is 49.1 Å². The average Bonchev–Trinajstić information content (AvgIpc) is 2.56. The highest BCUT2D eigenvalue weighted by atomic mass is 15.1. The molecule has 0 bridgehead atoms. The maximum Gasteiger partial charge on any atom is 0.0857 e. The first-order valence-corrected chi connectivity index (χ1v) is 7.90. The van der Waals surface area contributed by atoms with Crippen molar-refractivity contribution in [2.75, 3.05) is 0 Å². The van der Waals surface area contributed by atoms with Crippen LogP contribution in [0, 0.1) is 6.92 Å². The molecule has 108 valence electrons. The molecule has 2 nitrogen and oxygen atoms in total. The molecule has 0 atom stereocenters. The van der Waals surface area contributed by atoms with Crippen LogP contribution in [0.15, 0.2) is 58.8 Å². The molecule has 0 amide bonds. The molecular formula is C19H22N2. The lowest BCUT2D eigenvalue weighted by Crippen LogP contribution is -2.03. The third-order valence-electron chi connectivity index (χ3n) is 4.28. The fourth-order valence-electron chi connectivity index (χ4n) is 2.98. The van der Waals surface area contributed by atoms with Crippen molar-refractivity contribution in [2.45, 2.75) is 44.9 Å². The van der Waals surface area contributed by atoms with Gasteiger partial charge in [0.1, 0.15) is 0 Å². The van der Waals surface area contributed by atoms with Gasteiger partial charge in [0.05, 0.1) is 11.4 Å². The number of rotatable bonds is 3. The second-order valence-corrected chi connectivity index (χ2v) is 5.96. The van der Waals surface area contributed by atoms with Crippen molar-refractivity contribution in [1.82, 2.24) is 0 Å². The highest BCUT2D eigenvalue weighted by Crippen LogP contribution is 2.33. The maximum absolute atomic E-state index is 4.32. The number of hydrogen-bond acceptors (Lipinski definition) is 2. The lowest BCUT2D eigenvalue weighted by atomic mass is 9.84. The molecule has 1 aliphatic rings. The first kappa shape index (κ1) is 14.0. The molecule has 0 unspecified atom stereocenters. The molecule has 0 N–H and O–H groups in total. The Kier molecular flexibility index (Phi) is 4.44. The lowest BCUT2D eigenvalue weighted by molar-refractivity contribution is 0.443. The van der Waals surface area contributed by atoms with Crippen molar-refractivity contribution < 1.29 is 0 Å². The van der Waals surface area contributed by atoms with Crippen LogP contribution in [-0.4, -0.2) is 0 Å². The number of azo groups is 1. The Hall–Kier alpha value is -1.96. The van der Waals surface area contributed by atoms with Crippen molar-refractivity contribution in [3.05, 3.63) is 59.7 Å². The van der Waals surface area contributed by atoms with Gasteiger partial charge in [0.2, 0.25) is 0 Å². The van der Waals surface area contributed by atoms with Gasteiger partial charge in [-0.3, -0.25) is 0 Å². The minimum absolute atomic E-state index is 0.752. The summed E-state index contributed by atoms with van der Waals surface area (Å²) < 4.78 is 0. The normalized spacial score (nSPS) is 16.4. The number of nitrogens with zero attached hydrogens (tertiary/aromatic N) is 2. The van der Waals surface area contributed by atoms with E-state index in [4.69, 9.17) is 0 Å². The summed E-state index contributed by atoms with van der Waals surface area (Å²) in [6, 6.07) is 16.7. The number of aryl methyl sites for hydroxylation is 1. The standard InChI is InChI=1S/C19H22N2/c1-15-7-11-18(12-8-15)20-21-19-13-9-17(10-14-19)16-5-3-2-4-6-16/h7-14,16H,2-6H2,1H3. The van der Waals surface area contributed by atoms with Crippen LogP contribution in [0.4, 0.5) is 11.4 Å². The van der Waals surface area contributed by atoms with Gasteiger partial charge in [-0.2, -0.15) is 10.2 Å². The van der Waals surface area contributed by atoms with Gasteiger partial charge in [-0.05, 0) is 55.5 Å². The van der Waals surface area contributed by atoms with E-state index in [2.05, 4.69) is 53.6 Å². The van der Waals surface area contributed by atoms with Crippen LogP contribution in [-0.2, 0) is 0 Å². The fourth-order valence-corrected chi connectivity index (χ4v) is 2.98. The van der Waals surface area contributed by atoms with Crippen LogP contribution < -0.4 is 0 Å². The Morgan fingerprint density at radius 1 is 0.714 bits per heavy atom. The summed E-state index contributed by atoms with van der Waals surface area (Å²) in [5.74, 6) is 0.752. The molecule has 3 rings (SSSR count). The molecule has 0 heterocycles. The van der Waals surface area contributed by atoms with E-state index in [0.717, 1.165) is 17.3 Å². The summed E-state index contributed by atoms with van der Waals surface area (Å²) in [6.07, 6.45) is 6.83. The molecule has 0 aromatic heterocycles. The Bertz CT molecular complexity index is 590. The third-order valence-corrected chi connectivity index (χ3v) is 4.28. The zero-order valence-corrected chi connectivity index (χ0v) is 12.6. The largest absolute Gasteiger partial charge is 0.151 e. The topological polar surface area (TPSA) is 24.7 Å². The monoisotopic (exact) mass is 278 g/mol. The smallest absolute Gasteiger partial charge is 0.0857 e. The van der Waals surface area contributed by atoms with Gasteiger partial charge in [0.25, 0.3) is 0 Å². The van der Waals surface area contributed by atoms with Crippen LogP contribution in [0.5, 0.6) is 0 Å². The Labute approximate surface area is 126 Å². The predicted octanol–water partition coefficient (Wildman–Crippen LogP) is 6.46. The molecule has 2 aromatic carbocycles. The van der Waals surface area contributed by atoms with Crippen LogP contribution in [0.1, 0.15) is 49.1 Å². The molecule has 0 radical (unpaired) electrons. The van der Waals surface area contributed by atoms with E-state index in [9.17, 15) is 0 Å². The third kappa shape index (κ3) is 3.78. The van der Waals surface area contributed by atoms with Crippen molar-refractivity contribution in [1.29, 1.82) is 0 Å². The van der Waals surface area contributed by atoms with Gasteiger partial charge < -0.3 is 0 Å². The average molecular weight is 278 g/mol. The van der Waals surface area contributed by atoms with E-state index < -0.39 is 0 Å². The summed E-state index contributed by atoms with van der Waals surface area (Å²) in [7, 11) is 0. The molecule has 1 aliphatic carbocycles. The van der Waals surface area contributed by atoms with Crippen molar-refractivity contribution >= 4 is 11.4 Å². The predicted molar refractivity (Wildman–Crippen MR) is 87.6 cm³/mol. The fraction of sp³-hybridized carbons (Fsp3) is 0.368. The van der Waals surface area contributed by atoms with Gasteiger partial charge in [-0.25, -0.2) is 0 Å². The maximum atomic E-state index is 4.32. The van der Waals surface area contributed by atoms with Crippen molar-refractivity contribution in [3.8, 4) is 0 Å². The summed E-state index contributed by atoms with van der Waals surface area (Å²) in [5.41, 5.74) is 4.53. The van der Waals surface area contributed by atoms with Gasteiger partial charge in [-0.15, -0.1) is 0 Å². The summed E-state index contributed by atoms with van der Waals surface area (Å²) in [5, 5.41) is 8.60. The van der Waals surface area contributed by atoms with E-state index in [-0.39, 0.29) is 0 Å². The lowest BCUT2D eigenvalue weighted by Gasteiger charge is -2.21. The van der Waals surface area contributed by atoms with Crippen LogP contribution in [0.2, 0.25) is 0 Å². The zero-order valence-electron chi connectivity index (χ0n) is 12.6. The molecule has 0 saturated heterocycles. The molecule has 21 heavy (non-hydrogen) atoms.